The molecule has 0 aliphatic carbocycles. The molecule has 0 unspecified atom stereocenters. The van der Waals surface area contributed by atoms with Crippen molar-refractivity contribution in [1.82, 2.24) is 14.8 Å². The van der Waals surface area contributed by atoms with E-state index in [4.69, 9.17) is 16.3 Å². The van der Waals surface area contributed by atoms with Gasteiger partial charge in [-0.25, -0.2) is 0 Å². The summed E-state index contributed by atoms with van der Waals surface area (Å²) < 4.78 is 9.21. The second kappa shape index (κ2) is 13.1. The first-order valence-corrected chi connectivity index (χ1v) is 13.0. The number of hydrogen-bond donors (Lipinski definition) is 0. The average molecular weight is 523 g/mol. The molecule has 7 heteroatoms. The maximum atomic E-state index is 6.33. The molecule has 0 N–H and O–H groups in total. The van der Waals surface area contributed by atoms with Crippen molar-refractivity contribution < 1.29 is 4.74 Å². The SMILES string of the molecule is CCCCCCCCn1c(COc2ccc(Br)cc2)nnc1SCc1ccccc1Cl. The molecule has 4 nitrogen and oxygen atoms in total. The summed E-state index contributed by atoms with van der Waals surface area (Å²) in [6, 6.07) is 15.8. The minimum Gasteiger partial charge on any atom is -0.486 e. The third-order valence-corrected chi connectivity index (χ3v) is 6.94. The number of unbranched alkanes of at least 4 members (excludes halogenated alkanes) is 5. The van der Waals surface area contributed by atoms with Crippen molar-refractivity contribution in [1.29, 1.82) is 0 Å². The summed E-state index contributed by atoms with van der Waals surface area (Å²) in [6.45, 7) is 3.55. The Morgan fingerprint density at radius 1 is 0.968 bits per heavy atom. The summed E-state index contributed by atoms with van der Waals surface area (Å²) in [5.41, 5.74) is 1.11. The maximum Gasteiger partial charge on any atom is 0.191 e. The summed E-state index contributed by atoms with van der Waals surface area (Å²) >= 11 is 11.5. The van der Waals surface area contributed by atoms with E-state index in [1.165, 1.54) is 32.1 Å². The summed E-state index contributed by atoms with van der Waals surface area (Å²) in [4.78, 5) is 0. The van der Waals surface area contributed by atoms with Crippen LogP contribution in [0.1, 0.15) is 56.8 Å². The van der Waals surface area contributed by atoms with Crippen LogP contribution >= 0.6 is 39.3 Å². The molecule has 166 valence electrons. The Morgan fingerprint density at radius 2 is 1.71 bits per heavy atom. The van der Waals surface area contributed by atoms with E-state index in [1.54, 1.807) is 11.8 Å². The molecule has 0 aliphatic rings. The zero-order chi connectivity index (χ0) is 21.9. The fourth-order valence-corrected chi connectivity index (χ4v) is 4.78. The number of rotatable bonds is 13. The van der Waals surface area contributed by atoms with E-state index in [-0.39, 0.29) is 0 Å². The number of nitrogens with zero attached hydrogens (tertiary/aromatic N) is 3. The van der Waals surface area contributed by atoms with E-state index in [0.717, 1.165) is 50.5 Å². The number of ether oxygens (including phenoxy) is 1. The maximum absolute atomic E-state index is 6.33. The van der Waals surface area contributed by atoms with Gasteiger partial charge in [-0.3, -0.25) is 0 Å². The molecule has 0 amide bonds. The Morgan fingerprint density at radius 3 is 2.48 bits per heavy atom. The summed E-state index contributed by atoms with van der Waals surface area (Å²) in [5, 5.41) is 10.6. The highest BCUT2D eigenvalue weighted by molar-refractivity contribution is 9.10. The standard InChI is InChI=1S/C24H29BrClN3OS/c1-2-3-4-5-6-9-16-29-23(17-30-21-14-12-20(25)13-15-21)27-28-24(29)31-18-19-10-7-8-11-22(19)26/h7-8,10-15H,2-6,9,16-18H2,1H3. The first-order valence-electron chi connectivity index (χ1n) is 10.8. The molecule has 31 heavy (non-hydrogen) atoms. The fraction of sp³-hybridized carbons (Fsp3) is 0.417. The highest BCUT2D eigenvalue weighted by Gasteiger charge is 2.14. The topological polar surface area (TPSA) is 39.9 Å². The quantitative estimate of drug-likeness (QED) is 0.169. The minimum atomic E-state index is 0.400. The Labute approximate surface area is 202 Å². The van der Waals surface area contributed by atoms with Crippen molar-refractivity contribution in [3.05, 3.63) is 69.4 Å². The van der Waals surface area contributed by atoms with E-state index < -0.39 is 0 Å². The van der Waals surface area contributed by atoms with Gasteiger partial charge in [-0.2, -0.15) is 0 Å². The lowest BCUT2D eigenvalue weighted by Gasteiger charge is -2.11. The van der Waals surface area contributed by atoms with Crippen molar-refractivity contribution in [2.75, 3.05) is 0 Å². The van der Waals surface area contributed by atoms with Crippen LogP contribution in [-0.2, 0) is 18.9 Å². The zero-order valence-electron chi connectivity index (χ0n) is 17.9. The van der Waals surface area contributed by atoms with Gasteiger partial charge in [-0.15, -0.1) is 10.2 Å². The Bertz CT molecular complexity index is 933. The number of aromatic nitrogens is 3. The molecule has 0 bridgehead atoms. The molecule has 0 aliphatic heterocycles. The normalized spacial score (nSPS) is 11.1. The van der Waals surface area contributed by atoms with Gasteiger partial charge < -0.3 is 9.30 Å². The molecule has 1 heterocycles. The molecule has 0 atom stereocenters. The van der Waals surface area contributed by atoms with E-state index >= 15 is 0 Å². The van der Waals surface area contributed by atoms with Crippen LogP contribution in [0.25, 0.3) is 0 Å². The van der Waals surface area contributed by atoms with Gasteiger partial charge in [-0.05, 0) is 42.3 Å². The van der Waals surface area contributed by atoms with Gasteiger partial charge in [0.2, 0.25) is 0 Å². The number of benzene rings is 2. The zero-order valence-corrected chi connectivity index (χ0v) is 21.1. The third kappa shape index (κ3) is 7.85. The van der Waals surface area contributed by atoms with Gasteiger partial charge >= 0.3 is 0 Å². The minimum absolute atomic E-state index is 0.400. The van der Waals surface area contributed by atoms with Crippen LogP contribution in [0.5, 0.6) is 5.75 Å². The Hall–Kier alpha value is -1.50. The van der Waals surface area contributed by atoms with Crippen molar-refractivity contribution in [3.63, 3.8) is 0 Å². The summed E-state index contributed by atoms with van der Waals surface area (Å²) in [6.07, 6.45) is 7.52. The number of halogens is 2. The van der Waals surface area contributed by atoms with Crippen LogP contribution in [0.15, 0.2) is 58.2 Å². The van der Waals surface area contributed by atoms with E-state index in [0.29, 0.717) is 6.61 Å². The Balaban J connectivity index is 1.64. The smallest absolute Gasteiger partial charge is 0.191 e. The molecule has 3 aromatic rings. The highest BCUT2D eigenvalue weighted by atomic mass is 79.9. The lowest BCUT2D eigenvalue weighted by Crippen LogP contribution is -2.09. The van der Waals surface area contributed by atoms with Crippen molar-refractivity contribution >= 4 is 39.3 Å². The molecule has 0 fully saturated rings. The monoisotopic (exact) mass is 521 g/mol. The van der Waals surface area contributed by atoms with E-state index in [1.807, 2.05) is 42.5 Å². The third-order valence-electron chi connectivity index (χ3n) is 5.02. The van der Waals surface area contributed by atoms with Gasteiger partial charge in [0.15, 0.2) is 11.0 Å². The number of thioether (sulfide) groups is 1. The first kappa shape index (κ1) is 24.1. The predicted octanol–water partition coefficient (Wildman–Crippen LogP) is 7.93. The molecule has 0 spiro atoms. The van der Waals surface area contributed by atoms with E-state index in [2.05, 4.69) is 43.7 Å². The molecule has 0 radical (unpaired) electrons. The summed E-state index contributed by atoms with van der Waals surface area (Å²) in [5.74, 6) is 2.45. The van der Waals surface area contributed by atoms with Crippen LogP contribution in [0.3, 0.4) is 0 Å². The van der Waals surface area contributed by atoms with Crippen LogP contribution in [0.4, 0.5) is 0 Å². The van der Waals surface area contributed by atoms with Crippen molar-refractivity contribution in [3.8, 4) is 5.75 Å². The largest absolute Gasteiger partial charge is 0.486 e. The fourth-order valence-electron chi connectivity index (χ4n) is 3.24. The van der Waals surface area contributed by atoms with Crippen LogP contribution in [0, 0.1) is 0 Å². The van der Waals surface area contributed by atoms with Gasteiger partial charge in [-0.1, -0.05) is 96.5 Å². The highest BCUT2D eigenvalue weighted by Crippen LogP contribution is 2.27. The molecular weight excluding hydrogens is 494 g/mol. The molecule has 0 saturated heterocycles. The van der Waals surface area contributed by atoms with Crippen molar-refractivity contribution in [2.45, 2.75) is 69.5 Å². The van der Waals surface area contributed by atoms with Gasteiger partial charge in [0.05, 0.1) is 0 Å². The predicted molar refractivity (Wildman–Crippen MR) is 133 cm³/mol. The van der Waals surface area contributed by atoms with E-state index in [9.17, 15) is 0 Å². The molecule has 3 rings (SSSR count). The average Bonchev–Trinajstić information content (AvgIpc) is 3.17. The lowest BCUT2D eigenvalue weighted by molar-refractivity contribution is 0.286. The summed E-state index contributed by atoms with van der Waals surface area (Å²) in [7, 11) is 0. The Kier molecular flexibility index (Phi) is 10.2. The van der Waals surface area contributed by atoms with Crippen LogP contribution < -0.4 is 4.74 Å². The van der Waals surface area contributed by atoms with Gasteiger partial charge in [0, 0.05) is 21.8 Å². The molecule has 0 saturated carbocycles. The van der Waals surface area contributed by atoms with Crippen LogP contribution in [-0.4, -0.2) is 14.8 Å². The second-order valence-corrected chi connectivity index (χ2v) is 9.71. The lowest BCUT2D eigenvalue weighted by atomic mass is 10.1. The molecule has 1 aromatic heterocycles. The van der Waals surface area contributed by atoms with Crippen LogP contribution in [0.2, 0.25) is 5.02 Å². The van der Waals surface area contributed by atoms with Gasteiger partial charge in [0.1, 0.15) is 12.4 Å². The first-order chi connectivity index (χ1) is 15.2. The molecule has 2 aromatic carbocycles. The second-order valence-electron chi connectivity index (χ2n) is 7.44. The molecular formula is C24H29BrClN3OS. The van der Waals surface area contributed by atoms with Gasteiger partial charge in [0.25, 0.3) is 0 Å². The number of hydrogen-bond acceptors (Lipinski definition) is 4. The van der Waals surface area contributed by atoms with Crippen molar-refractivity contribution in [2.24, 2.45) is 0 Å².